The number of sulfonamides is 1. The van der Waals surface area contributed by atoms with Crippen molar-refractivity contribution in [3.05, 3.63) is 47.5 Å². The Morgan fingerprint density at radius 2 is 1.64 bits per heavy atom. The summed E-state index contributed by atoms with van der Waals surface area (Å²) in [7, 11) is 1.04. The van der Waals surface area contributed by atoms with Gasteiger partial charge in [-0.2, -0.15) is 0 Å². The van der Waals surface area contributed by atoms with E-state index >= 15 is 0 Å². The Balaban J connectivity index is 1.90. The summed E-state index contributed by atoms with van der Waals surface area (Å²) < 4.78 is 39.7. The first-order valence-corrected chi connectivity index (χ1v) is 10.5. The Kier molecular flexibility index (Phi) is 6.12. The molecule has 3 rings (SSSR count). The molecule has 1 heterocycles. The van der Waals surface area contributed by atoms with Crippen molar-refractivity contribution in [2.45, 2.75) is 17.2 Å². The Morgan fingerprint density at radius 1 is 0.964 bits per heavy atom. The molecule has 1 aliphatic heterocycles. The van der Waals surface area contributed by atoms with E-state index in [0.717, 1.165) is 24.2 Å². The first kappa shape index (κ1) is 20.4. The number of hydrogen-bond acceptors (Lipinski definition) is 6. The Hall–Kier alpha value is -2.29. The minimum atomic E-state index is -3.77. The molecule has 1 fully saturated rings. The molecule has 0 amide bonds. The van der Waals surface area contributed by atoms with Crippen molar-refractivity contribution in [2.24, 2.45) is 11.1 Å². The van der Waals surface area contributed by atoms with E-state index < -0.39 is 10.0 Å². The third-order valence-corrected chi connectivity index (χ3v) is 6.15. The number of primary sulfonamides is 1. The van der Waals surface area contributed by atoms with Crippen molar-refractivity contribution >= 4 is 10.0 Å². The van der Waals surface area contributed by atoms with Gasteiger partial charge in [-0.3, -0.25) is 0 Å². The average Bonchev–Trinajstić information content (AvgIpc) is 3.14. The smallest absolute Gasteiger partial charge is 0.238 e. The molecule has 0 saturated carbocycles. The van der Waals surface area contributed by atoms with Gasteiger partial charge in [0, 0.05) is 12.5 Å². The monoisotopic (exact) mass is 406 g/mol. The highest BCUT2D eigenvalue weighted by molar-refractivity contribution is 7.89. The van der Waals surface area contributed by atoms with Crippen LogP contribution in [-0.2, 0) is 16.4 Å². The Bertz CT molecular complexity index is 946. The van der Waals surface area contributed by atoms with Crippen LogP contribution in [0.25, 0.3) is 0 Å². The molecule has 2 atom stereocenters. The van der Waals surface area contributed by atoms with E-state index in [1.54, 1.807) is 33.5 Å². The summed E-state index contributed by atoms with van der Waals surface area (Å²) in [5, 5.41) is 8.73. The van der Waals surface area contributed by atoms with Crippen LogP contribution in [0, 0.1) is 5.92 Å². The summed E-state index contributed by atoms with van der Waals surface area (Å²) in [6.45, 7) is 1.65. The summed E-state index contributed by atoms with van der Waals surface area (Å²) in [4.78, 5) is 0.0944. The van der Waals surface area contributed by atoms with Crippen molar-refractivity contribution in [1.82, 2.24) is 5.32 Å². The molecular formula is C20H26N2O5S. The molecule has 2 aromatic carbocycles. The summed E-state index contributed by atoms with van der Waals surface area (Å²) in [5.41, 5.74) is 1.97. The van der Waals surface area contributed by atoms with Crippen LogP contribution in [0.3, 0.4) is 0 Å². The predicted octanol–water partition coefficient (Wildman–Crippen LogP) is 1.91. The molecule has 0 spiro atoms. The number of methoxy groups -OCH3 is 3. The van der Waals surface area contributed by atoms with Gasteiger partial charge in [0.05, 0.1) is 26.2 Å². The van der Waals surface area contributed by atoms with Gasteiger partial charge in [0.1, 0.15) is 5.75 Å². The van der Waals surface area contributed by atoms with Crippen molar-refractivity contribution in [1.29, 1.82) is 0 Å². The van der Waals surface area contributed by atoms with Gasteiger partial charge < -0.3 is 19.5 Å². The van der Waals surface area contributed by atoms with Gasteiger partial charge in [0.15, 0.2) is 11.5 Å². The van der Waals surface area contributed by atoms with Crippen LogP contribution in [0.5, 0.6) is 17.2 Å². The van der Waals surface area contributed by atoms with Crippen LogP contribution in [0.4, 0.5) is 0 Å². The normalized spacial score (nSPS) is 19.4. The molecule has 3 N–H and O–H groups in total. The van der Waals surface area contributed by atoms with Crippen LogP contribution < -0.4 is 24.7 Å². The highest BCUT2D eigenvalue weighted by Gasteiger charge is 2.30. The van der Waals surface area contributed by atoms with Crippen LogP contribution in [0.2, 0.25) is 0 Å². The second-order valence-corrected chi connectivity index (χ2v) is 8.42. The lowest BCUT2D eigenvalue weighted by Gasteiger charge is -2.21. The van der Waals surface area contributed by atoms with Gasteiger partial charge in [-0.1, -0.05) is 6.07 Å². The largest absolute Gasteiger partial charge is 0.496 e. The van der Waals surface area contributed by atoms with E-state index in [1.807, 2.05) is 18.2 Å². The topological polar surface area (TPSA) is 99.9 Å². The molecule has 2 aromatic rings. The third kappa shape index (κ3) is 4.24. The molecule has 1 saturated heterocycles. The average molecular weight is 407 g/mol. The van der Waals surface area contributed by atoms with Gasteiger partial charge in [-0.05, 0) is 60.3 Å². The minimum absolute atomic E-state index is 0.0944. The predicted molar refractivity (Wildman–Crippen MR) is 107 cm³/mol. The maximum atomic E-state index is 11.7. The lowest BCUT2D eigenvalue weighted by atomic mass is 9.84. The number of nitrogens with one attached hydrogen (secondary N) is 1. The second-order valence-electron chi connectivity index (χ2n) is 6.86. The molecule has 0 aromatic heterocycles. The van der Waals surface area contributed by atoms with Crippen LogP contribution >= 0.6 is 0 Å². The van der Waals surface area contributed by atoms with E-state index in [4.69, 9.17) is 19.3 Å². The molecular weight excluding hydrogens is 380 g/mol. The quantitative estimate of drug-likeness (QED) is 0.729. The lowest BCUT2D eigenvalue weighted by molar-refractivity contribution is 0.353. The molecule has 152 valence electrons. The molecule has 0 radical (unpaired) electrons. The summed E-state index contributed by atoms with van der Waals surface area (Å²) in [6.07, 6.45) is 0.665. The van der Waals surface area contributed by atoms with Crippen molar-refractivity contribution in [2.75, 3.05) is 34.4 Å². The van der Waals surface area contributed by atoms with E-state index in [9.17, 15) is 8.42 Å². The van der Waals surface area contributed by atoms with Gasteiger partial charge in [-0.25, -0.2) is 13.6 Å². The van der Waals surface area contributed by atoms with Crippen LogP contribution in [0.15, 0.2) is 41.3 Å². The zero-order valence-electron chi connectivity index (χ0n) is 16.3. The van der Waals surface area contributed by atoms with E-state index in [2.05, 4.69) is 5.32 Å². The van der Waals surface area contributed by atoms with Gasteiger partial charge in [0.25, 0.3) is 0 Å². The molecule has 28 heavy (non-hydrogen) atoms. The maximum absolute atomic E-state index is 11.7. The summed E-state index contributed by atoms with van der Waals surface area (Å²) in [6, 6.07) is 10.7. The molecule has 1 aliphatic rings. The fourth-order valence-electron chi connectivity index (χ4n) is 3.79. The number of nitrogens with two attached hydrogens (primary N) is 1. The second kappa shape index (κ2) is 8.38. The van der Waals surface area contributed by atoms with Crippen LogP contribution in [0.1, 0.15) is 17.0 Å². The van der Waals surface area contributed by atoms with Crippen molar-refractivity contribution in [3.8, 4) is 17.2 Å². The van der Waals surface area contributed by atoms with E-state index in [-0.39, 0.29) is 16.7 Å². The minimum Gasteiger partial charge on any atom is -0.496 e. The van der Waals surface area contributed by atoms with E-state index in [1.165, 1.54) is 6.07 Å². The van der Waals surface area contributed by atoms with Crippen molar-refractivity contribution in [3.63, 3.8) is 0 Å². The summed E-state index contributed by atoms with van der Waals surface area (Å²) in [5.74, 6) is 2.56. The first-order valence-electron chi connectivity index (χ1n) is 8.99. The molecule has 2 unspecified atom stereocenters. The summed E-state index contributed by atoms with van der Waals surface area (Å²) >= 11 is 0. The lowest BCUT2D eigenvalue weighted by Crippen LogP contribution is -2.16. The molecule has 8 heteroatoms. The zero-order chi connectivity index (χ0) is 20.3. The third-order valence-electron chi connectivity index (χ3n) is 5.24. The number of hydrogen-bond donors (Lipinski definition) is 2. The van der Waals surface area contributed by atoms with Gasteiger partial charge >= 0.3 is 0 Å². The fraction of sp³-hybridized carbons (Fsp3) is 0.400. The van der Waals surface area contributed by atoms with Crippen LogP contribution in [-0.4, -0.2) is 42.8 Å². The van der Waals surface area contributed by atoms with Gasteiger partial charge in [-0.15, -0.1) is 0 Å². The standard InChI is InChI=1S/C20H26N2O5S/c1-25-18-7-5-16(28(21,23)24)9-14(18)8-15-11-22-12-17(15)13-4-6-19(26-2)20(10-13)27-3/h4-7,9-10,15,17,22H,8,11-12H2,1-3H3,(H2,21,23,24). The van der Waals surface area contributed by atoms with Crippen molar-refractivity contribution < 1.29 is 22.6 Å². The number of ether oxygens (including phenoxy) is 3. The van der Waals surface area contributed by atoms with Gasteiger partial charge in [0.2, 0.25) is 10.0 Å². The Morgan fingerprint density at radius 3 is 2.29 bits per heavy atom. The number of rotatable bonds is 7. The molecule has 0 bridgehead atoms. The fourth-order valence-corrected chi connectivity index (χ4v) is 4.36. The zero-order valence-corrected chi connectivity index (χ0v) is 17.1. The Labute approximate surface area is 165 Å². The SMILES string of the molecule is COc1ccc(S(N)(=O)=O)cc1CC1CNCC1c1ccc(OC)c(OC)c1. The highest BCUT2D eigenvalue weighted by atomic mass is 32.2. The first-order chi connectivity index (χ1) is 13.4. The van der Waals surface area contributed by atoms with E-state index in [0.29, 0.717) is 23.7 Å². The highest BCUT2D eigenvalue weighted by Crippen LogP contribution is 2.37. The molecule has 0 aliphatic carbocycles. The maximum Gasteiger partial charge on any atom is 0.238 e. The number of benzene rings is 2. The molecule has 7 nitrogen and oxygen atoms in total.